The summed E-state index contributed by atoms with van der Waals surface area (Å²) in [6.45, 7) is 1.78. The van der Waals surface area contributed by atoms with Gasteiger partial charge < -0.3 is 37.5 Å². The van der Waals surface area contributed by atoms with Gasteiger partial charge >= 0.3 is 5.97 Å². The van der Waals surface area contributed by atoms with Gasteiger partial charge in [0.25, 0.3) is 0 Å². The van der Waals surface area contributed by atoms with E-state index in [-0.39, 0.29) is 6.42 Å². The van der Waals surface area contributed by atoms with Crippen molar-refractivity contribution >= 4 is 35.5 Å². The molecule has 1 rings (SSSR count). The van der Waals surface area contributed by atoms with Crippen molar-refractivity contribution in [2.24, 2.45) is 11.5 Å². The van der Waals surface area contributed by atoms with Crippen LogP contribution in [0.25, 0.3) is 0 Å². The summed E-state index contributed by atoms with van der Waals surface area (Å²) in [5.41, 5.74) is 12.2. The minimum Gasteiger partial charge on any atom is -0.480 e. The van der Waals surface area contributed by atoms with Gasteiger partial charge in [-0.2, -0.15) is 11.8 Å². The summed E-state index contributed by atoms with van der Waals surface area (Å²) in [5.74, 6) is -2.27. The normalized spacial score (nSPS) is 14.5. The van der Waals surface area contributed by atoms with E-state index >= 15 is 0 Å². The number of hydrogen-bond donors (Lipinski definition) is 7. The van der Waals surface area contributed by atoms with Crippen molar-refractivity contribution in [1.82, 2.24) is 25.9 Å². The average molecular weight is 486 g/mol. The number of carbonyl (C=O) groups excluding carboxylic acids is 3. The van der Waals surface area contributed by atoms with Gasteiger partial charge in [0, 0.05) is 18.3 Å². The van der Waals surface area contributed by atoms with Crippen molar-refractivity contribution in [2.45, 2.75) is 63.2 Å². The molecule has 1 aromatic heterocycles. The van der Waals surface area contributed by atoms with E-state index < -0.39 is 47.9 Å². The number of thioether (sulfide) groups is 1. The smallest absolute Gasteiger partial charge is 0.325 e. The number of hydrogen-bond acceptors (Lipinski definition) is 8. The second kappa shape index (κ2) is 15.2. The van der Waals surface area contributed by atoms with Crippen LogP contribution in [0.15, 0.2) is 12.5 Å². The van der Waals surface area contributed by atoms with Crippen molar-refractivity contribution in [3.63, 3.8) is 0 Å². The number of carboxylic acids is 1. The Morgan fingerprint density at radius 2 is 1.73 bits per heavy atom. The highest BCUT2D eigenvalue weighted by atomic mass is 32.2. The number of nitrogens with one attached hydrogen (secondary N) is 4. The van der Waals surface area contributed by atoms with Crippen LogP contribution in [0.1, 0.15) is 38.3 Å². The molecule has 0 saturated carbocycles. The lowest BCUT2D eigenvalue weighted by atomic mass is 10.1. The maximum Gasteiger partial charge on any atom is 0.325 e. The molecule has 13 heteroatoms. The van der Waals surface area contributed by atoms with Crippen LogP contribution < -0.4 is 27.4 Å². The predicted molar refractivity (Wildman–Crippen MR) is 125 cm³/mol. The molecular weight excluding hydrogens is 450 g/mol. The summed E-state index contributed by atoms with van der Waals surface area (Å²) >= 11 is 1.49. The number of aromatic amines is 1. The van der Waals surface area contributed by atoms with Crippen molar-refractivity contribution in [3.05, 3.63) is 18.2 Å². The molecule has 0 fully saturated rings. The molecule has 3 amide bonds. The number of amides is 3. The van der Waals surface area contributed by atoms with Gasteiger partial charge in [-0.3, -0.25) is 19.2 Å². The second-order valence-electron chi connectivity index (χ2n) is 7.64. The zero-order valence-corrected chi connectivity index (χ0v) is 19.8. The number of aliphatic carboxylic acids is 1. The molecular formula is C20H35N7O5S. The Labute approximate surface area is 197 Å². The zero-order chi connectivity index (χ0) is 24.8. The Hall–Kier alpha value is -2.64. The molecule has 0 bridgehead atoms. The Morgan fingerprint density at radius 3 is 2.30 bits per heavy atom. The first-order chi connectivity index (χ1) is 15.7. The van der Waals surface area contributed by atoms with Crippen LogP contribution >= 0.6 is 11.8 Å². The monoisotopic (exact) mass is 485 g/mol. The quantitative estimate of drug-likeness (QED) is 0.139. The molecule has 186 valence electrons. The molecule has 0 aliphatic carbocycles. The van der Waals surface area contributed by atoms with E-state index in [9.17, 15) is 19.2 Å². The minimum absolute atomic E-state index is 0.217. The number of carboxylic acid groups (broad SMARTS) is 1. The molecule has 9 N–H and O–H groups in total. The van der Waals surface area contributed by atoms with Crippen molar-refractivity contribution in [2.75, 3.05) is 18.6 Å². The number of nitrogens with zero attached hydrogens (tertiary/aromatic N) is 1. The lowest BCUT2D eigenvalue weighted by Crippen LogP contribution is -2.57. The van der Waals surface area contributed by atoms with E-state index in [0.29, 0.717) is 43.7 Å². The zero-order valence-electron chi connectivity index (χ0n) is 19.0. The summed E-state index contributed by atoms with van der Waals surface area (Å²) in [6, 6.07) is -3.87. The number of aromatic nitrogens is 2. The summed E-state index contributed by atoms with van der Waals surface area (Å²) < 4.78 is 0. The van der Waals surface area contributed by atoms with E-state index in [2.05, 4.69) is 25.9 Å². The lowest BCUT2D eigenvalue weighted by molar-refractivity contribution is -0.141. The highest BCUT2D eigenvalue weighted by Gasteiger charge is 2.29. The first kappa shape index (κ1) is 28.4. The van der Waals surface area contributed by atoms with Gasteiger partial charge in [-0.05, 0) is 51.2 Å². The van der Waals surface area contributed by atoms with Crippen LogP contribution in [-0.2, 0) is 25.6 Å². The summed E-state index contributed by atoms with van der Waals surface area (Å²) in [6.07, 6.45) is 6.97. The van der Waals surface area contributed by atoms with Crippen LogP contribution in [0, 0.1) is 0 Å². The first-order valence-electron chi connectivity index (χ1n) is 10.7. The van der Waals surface area contributed by atoms with Crippen LogP contribution in [0.4, 0.5) is 0 Å². The first-order valence-corrected chi connectivity index (χ1v) is 12.1. The second-order valence-corrected chi connectivity index (χ2v) is 8.63. The van der Waals surface area contributed by atoms with Gasteiger partial charge in [0.05, 0.1) is 12.4 Å². The van der Waals surface area contributed by atoms with E-state index in [0.717, 1.165) is 0 Å². The molecule has 0 aliphatic heterocycles. The Morgan fingerprint density at radius 1 is 1.09 bits per heavy atom. The lowest BCUT2D eigenvalue weighted by Gasteiger charge is -2.24. The number of nitrogens with two attached hydrogens (primary N) is 2. The summed E-state index contributed by atoms with van der Waals surface area (Å²) in [4.78, 5) is 56.0. The molecule has 1 aromatic rings. The third-order valence-electron chi connectivity index (χ3n) is 4.88. The van der Waals surface area contributed by atoms with E-state index in [1.165, 1.54) is 25.0 Å². The molecule has 4 unspecified atom stereocenters. The standard InChI is InChI=1S/C20H35N7O5S/c1-12(20(31)32)25-18(29)16(6-8-33-2)27-19(30)15(5-3-4-7-21)26-17(28)14(22)9-13-10-23-11-24-13/h10-12,14-16H,3-9,21-22H2,1-2H3,(H,23,24)(H,25,29)(H,26,28)(H,27,30)(H,31,32). The van der Waals surface area contributed by atoms with Crippen molar-refractivity contribution < 1.29 is 24.3 Å². The number of imidazole rings is 1. The van der Waals surface area contributed by atoms with Gasteiger partial charge in [-0.15, -0.1) is 0 Å². The van der Waals surface area contributed by atoms with Gasteiger partial charge in [0.1, 0.15) is 18.1 Å². The third-order valence-corrected chi connectivity index (χ3v) is 5.53. The van der Waals surface area contributed by atoms with Crippen LogP contribution in [0.3, 0.4) is 0 Å². The van der Waals surface area contributed by atoms with Crippen LogP contribution in [0.2, 0.25) is 0 Å². The number of unbranched alkanes of at least 4 members (excludes halogenated alkanes) is 1. The van der Waals surface area contributed by atoms with Gasteiger partial charge in [0.15, 0.2) is 0 Å². The van der Waals surface area contributed by atoms with E-state index in [4.69, 9.17) is 16.6 Å². The number of rotatable bonds is 16. The minimum atomic E-state index is -1.18. The maximum atomic E-state index is 13.0. The molecule has 0 aliphatic rings. The predicted octanol–water partition coefficient (Wildman–Crippen LogP) is -1.28. The average Bonchev–Trinajstić information content (AvgIpc) is 3.28. The molecule has 1 heterocycles. The fraction of sp³-hybridized carbons (Fsp3) is 0.650. The summed E-state index contributed by atoms with van der Waals surface area (Å²) in [5, 5.41) is 16.7. The van der Waals surface area contributed by atoms with Crippen molar-refractivity contribution in [1.29, 1.82) is 0 Å². The summed E-state index contributed by atoms with van der Waals surface area (Å²) in [7, 11) is 0. The fourth-order valence-electron chi connectivity index (χ4n) is 2.92. The fourth-order valence-corrected chi connectivity index (χ4v) is 3.39. The Balaban J connectivity index is 2.86. The maximum absolute atomic E-state index is 13.0. The molecule has 33 heavy (non-hydrogen) atoms. The Kier molecular flexibility index (Phi) is 13.1. The highest BCUT2D eigenvalue weighted by Crippen LogP contribution is 2.06. The van der Waals surface area contributed by atoms with Gasteiger partial charge in [-0.25, -0.2) is 4.98 Å². The van der Waals surface area contributed by atoms with Gasteiger partial charge in [0.2, 0.25) is 17.7 Å². The molecule has 4 atom stereocenters. The SMILES string of the molecule is CSCCC(NC(=O)C(CCCCN)NC(=O)C(N)Cc1cnc[nH]1)C(=O)NC(C)C(=O)O. The Bertz CT molecular complexity index is 762. The number of H-pyrrole nitrogens is 1. The third kappa shape index (κ3) is 10.7. The molecule has 0 aromatic carbocycles. The molecule has 0 spiro atoms. The largest absolute Gasteiger partial charge is 0.480 e. The molecule has 12 nitrogen and oxygen atoms in total. The van der Waals surface area contributed by atoms with E-state index in [1.807, 2.05) is 6.26 Å². The van der Waals surface area contributed by atoms with Crippen LogP contribution in [-0.4, -0.2) is 81.5 Å². The molecule has 0 saturated heterocycles. The van der Waals surface area contributed by atoms with Gasteiger partial charge in [-0.1, -0.05) is 0 Å². The number of carbonyl (C=O) groups is 4. The van der Waals surface area contributed by atoms with Crippen LogP contribution in [0.5, 0.6) is 0 Å². The highest BCUT2D eigenvalue weighted by molar-refractivity contribution is 7.98. The van der Waals surface area contributed by atoms with Crippen molar-refractivity contribution in [3.8, 4) is 0 Å². The topological polar surface area (TPSA) is 205 Å². The van der Waals surface area contributed by atoms with E-state index in [1.54, 1.807) is 6.20 Å². The molecule has 0 radical (unpaired) electrons.